The summed E-state index contributed by atoms with van der Waals surface area (Å²) < 4.78 is 0. The molecule has 1 unspecified atom stereocenters. The van der Waals surface area contributed by atoms with Crippen LogP contribution in [0.4, 0.5) is 5.69 Å². The van der Waals surface area contributed by atoms with Gasteiger partial charge in [0.2, 0.25) is 0 Å². The third-order valence-electron chi connectivity index (χ3n) is 3.70. The van der Waals surface area contributed by atoms with Crippen LogP contribution in [-0.4, -0.2) is 5.21 Å². The second kappa shape index (κ2) is 7.43. The van der Waals surface area contributed by atoms with E-state index in [1.807, 2.05) is 103 Å². The van der Waals surface area contributed by atoms with Gasteiger partial charge in [-0.3, -0.25) is 5.21 Å². The van der Waals surface area contributed by atoms with Gasteiger partial charge in [-0.05, 0) is 23.3 Å². The Hall–Kier alpha value is -2.84. The van der Waals surface area contributed by atoms with Crippen molar-refractivity contribution in [3.8, 4) is 0 Å². The Balaban J connectivity index is 1.93. The third-order valence-corrected chi connectivity index (χ3v) is 3.70. The van der Waals surface area contributed by atoms with E-state index in [9.17, 15) is 5.21 Å². The number of anilines is 1. The lowest BCUT2D eigenvalue weighted by atomic mass is 10.0. The van der Waals surface area contributed by atoms with Gasteiger partial charge in [0.25, 0.3) is 0 Å². The summed E-state index contributed by atoms with van der Waals surface area (Å²) in [5.74, 6) is 0. The van der Waals surface area contributed by atoms with Crippen LogP contribution in [0.2, 0.25) is 0 Å². The first-order chi connectivity index (χ1) is 11.3. The molecule has 0 aliphatic heterocycles. The van der Waals surface area contributed by atoms with E-state index in [2.05, 4.69) is 0 Å². The molecule has 0 saturated heterocycles. The van der Waals surface area contributed by atoms with Gasteiger partial charge < -0.3 is 0 Å². The zero-order chi connectivity index (χ0) is 15.9. The van der Waals surface area contributed by atoms with E-state index >= 15 is 0 Å². The average Bonchev–Trinajstić information content (AvgIpc) is 2.64. The Bertz CT molecular complexity index is 739. The minimum atomic E-state index is -0.251. The van der Waals surface area contributed by atoms with Gasteiger partial charge in [0, 0.05) is 0 Å². The first-order valence-corrected chi connectivity index (χ1v) is 7.66. The lowest BCUT2D eigenvalue weighted by Gasteiger charge is -2.25. The summed E-state index contributed by atoms with van der Waals surface area (Å²) in [4.78, 5) is 0. The summed E-state index contributed by atoms with van der Waals surface area (Å²) in [5.41, 5.74) is 2.90. The highest BCUT2D eigenvalue weighted by atomic mass is 16.5. The minimum Gasteiger partial charge on any atom is -0.288 e. The fraction of sp³-hybridized carbons (Fsp3) is 0.0476. The van der Waals surface area contributed by atoms with Crippen LogP contribution in [0, 0.1) is 0 Å². The molecule has 0 saturated carbocycles. The molecule has 0 aromatic heterocycles. The number of hydrogen-bond acceptors (Lipinski definition) is 2. The quantitative estimate of drug-likeness (QED) is 0.643. The van der Waals surface area contributed by atoms with E-state index < -0.39 is 0 Å². The molecule has 1 atom stereocenters. The van der Waals surface area contributed by atoms with E-state index in [4.69, 9.17) is 0 Å². The molecule has 3 aromatic carbocycles. The van der Waals surface area contributed by atoms with Gasteiger partial charge >= 0.3 is 0 Å². The first kappa shape index (κ1) is 15.1. The highest BCUT2D eigenvalue weighted by molar-refractivity contribution is 5.54. The van der Waals surface area contributed by atoms with Gasteiger partial charge in [0.1, 0.15) is 0 Å². The van der Waals surface area contributed by atoms with E-state index in [-0.39, 0.29) is 6.04 Å². The second-order valence-electron chi connectivity index (χ2n) is 5.31. The molecular weight excluding hydrogens is 282 g/mol. The van der Waals surface area contributed by atoms with Crippen LogP contribution in [-0.2, 0) is 0 Å². The molecule has 3 aromatic rings. The number of hydrogen-bond donors (Lipinski definition) is 1. The standard InChI is InChI=1S/C21H19NO/c23-22(20-14-8-3-9-15-20)21(19-12-6-2-7-13-19)17-16-18-10-4-1-5-11-18/h1-17,21,23H. The Morgan fingerprint density at radius 3 is 1.83 bits per heavy atom. The molecule has 2 heteroatoms. The Morgan fingerprint density at radius 2 is 1.22 bits per heavy atom. The highest BCUT2D eigenvalue weighted by Gasteiger charge is 2.16. The Labute approximate surface area is 136 Å². The number of benzene rings is 3. The van der Waals surface area contributed by atoms with Crippen LogP contribution in [0.5, 0.6) is 0 Å². The maximum absolute atomic E-state index is 10.7. The maximum Gasteiger partial charge on any atom is 0.0997 e. The molecular formula is C21H19NO. The SMILES string of the molecule is ON(c1ccccc1)C(C=Cc1ccccc1)c1ccccc1. The highest BCUT2D eigenvalue weighted by Crippen LogP contribution is 2.27. The van der Waals surface area contributed by atoms with Crippen LogP contribution in [0.25, 0.3) is 6.08 Å². The summed E-state index contributed by atoms with van der Waals surface area (Å²) in [5, 5.41) is 12.0. The van der Waals surface area contributed by atoms with Crippen LogP contribution in [0.3, 0.4) is 0 Å². The first-order valence-electron chi connectivity index (χ1n) is 7.66. The monoisotopic (exact) mass is 301 g/mol. The van der Waals surface area contributed by atoms with Crippen molar-refractivity contribution in [1.29, 1.82) is 0 Å². The van der Waals surface area contributed by atoms with Gasteiger partial charge in [-0.2, -0.15) is 0 Å². The Kier molecular flexibility index (Phi) is 4.87. The van der Waals surface area contributed by atoms with E-state index in [0.29, 0.717) is 0 Å². The second-order valence-corrected chi connectivity index (χ2v) is 5.31. The van der Waals surface area contributed by atoms with Crippen LogP contribution in [0.15, 0.2) is 97.1 Å². The van der Waals surface area contributed by atoms with Crippen LogP contribution >= 0.6 is 0 Å². The molecule has 0 radical (unpaired) electrons. The maximum atomic E-state index is 10.7. The molecule has 2 nitrogen and oxygen atoms in total. The van der Waals surface area contributed by atoms with Crippen molar-refractivity contribution in [2.45, 2.75) is 6.04 Å². The molecule has 0 aliphatic rings. The lowest BCUT2D eigenvalue weighted by molar-refractivity contribution is 0.234. The van der Waals surface area contributed by atoms with Crippen LogP contribution in [0.1, 0.15) is 17.2 Å². The van der Waals surface area contributed by atoms with Gasteiger partial charge in [-0.25, -0.2) is 5.06 Å². The smallest absolute Gasteiger partial charge is 0.0997 e. The van der Waals surface area contributed by atoms with Crippen molar-refractivity contribution in [2.24, 2.45) is 0 Å². The molecule has 0 spiro atoms. The largest absolute Gasteiger partial charge is 0.288 e. The fourth-order valence-corrected chi connectivity index (χ4v) is 2.49. The fourth-order valence-electron chi connectivity index (χ4n) is 2.49. The summed E-state index contributed by atoms with van der Waals surface area (Å²) in [7, 11) is 0. The number of rotatable bonds is 5. The average molecular weight is 301 g/mol. The van der Waals surface area contributed by atoms with Crippen molar-refractivity contribution in [1.82, 2.24) is 0 Å². The van der Waals surface area contributed by atoms with Gasteiger partial charge in [-0.15, -0.1) is 0 Å². The molecule has 0 fully saturated rings. The molecule has 0 amide bonds. The molecule has 23 heavy (non-hydrogen) atoms. The summed E-state index contributed by atoms with van der Waals surface area (Å²) >= 11 is 0. The number of hydroxylamine groups is 1. The number of nitrogens with zero attached hydrogens (tertiary/aromatic N) is 1. The molecule has 0 bridgehead atoms. The molecule has 1 N–H and O–H groups in total. The van der Waals surface area contributed by atoms with E-state index in [0.717, 1.165) is 16.8 Å². The van der Waals surface area contributed by atoms with Crippen molar-refractivity contribution >= 4 is 11.8 Å². The Morgan fingerprint density at radius 1 is 0.696 bits per heavy atom. The predicted molar refractivity (Wildman–Crippen MR) is 95.4 cm³/mol. The van der Waals surface area contributed by atoms with Crippen molar-refractivity contribution < 1.29 is 5.21 Å². The predicted octanol–water partition coefficient (Wildman–Crippen LogP) is 5.34. The summed E-state index contributed by atoms with van der Waals surface area (Å²) in [6.07, 6.45) is 4.04. The summed E-state index contributed by atoms with van der Waals surface area (Å²) in [6.45, 7) is 0. The zero-order valence-corrected chi connectivity index (χ0v) is 12.8. The van der Waals surface area contributed by atoms with Gasteiger partial charge in [0.15, 0.2) is 0 Å². The molecule has 0 aliphatic carbocycles. The lowest BCUT2D eigenvalue weighted by Crippen LogP contribution is -2.23. The van der Waals surface area contributed by atoms with Crippen molar-refractivity contribution in [3.63, 3.8) is 0 Å². The van der Waals surface area contributed by atoms with Crippen LogP contribution < -0.4 is 5.06 Å². The third kappa shape index (κ3) is 3.87. The molecule has 0 heterocycles. The van der Waals surface area contributed by atoms with Crippen molar-refractivity contribution in [3.05, 3.63) is 108 Å². The zero-order valence-electron chi connectivity index (χ0n) is 12.8. The minimum absolute atomic E-state index is 0.251. The summed E-state index contributed by atoms with van der Waals surface area (Å²) in [6, 6.07) is 29.4. The molecule has 114 valence electrons. The van der Waals surface area contributed by atoms with E-state index in [1.54, 1.807) is 0 Å². The van der Waals surface area contributed by atoms with E-state index in [1.165, 1.54) is 5.06 Å². The topological polar surface area (TPSA) is 23.5 Å². The normalized spacial score (nSPS) is 12.2. The van der Waals surface area contributed by atoms with Gasteiger partial charge in [0.05, 0.1) is 11.7 Å². The van der Waals surface area contributed by atoms with Crippen molar-refractivity contribution in [2.75, 3.05) is 5.06 Å². The number of para-hydroxylation sites is 1. The molecule has 3 rings (SSSR count). The van der Waals surface area contributed by atoms with Gasteiger partial charge in [-0.1, -0.05) is 91.0 Å².